The van der Waals surface area contributed by atoms with E-state index in [0.29, 0.717) is 29.6 Å². The molecule has 1 aromatic rings. The van der Waals surface area contributed by atoms with Crippen LogP contribution in [0.4, 0.5) is 10.5 Å². The molecule has 7 nitrogen and oxygen atoms in total. The van der Waals surface area contributed by atoms with Crippen LogP contribution in [0.1, 0.15) is 37.7 Å². The molecule has 1 aliphatic carbocycles. The lowest BCUT2D eigenvalue weighted by Gasteiger charge is -2.43. The summed E-state index contributed by atoms with van der Waals surface area (Å²) >= 11 is 6.35. The van der Waals surface area contributed by atoms with E-state index in [1.807, 2.05) is 6.07 Å². The average Bonchev–Trinajstić information content (AvgIpc) is 2.63. The van der Waals surface area contributed by atoms with E-state index in [1.165, 1.54) is 7.11 Å². The number of esters is 1. The number of hydrogen-bond acceptors (Lipinski definition) is 5. The second kappa shape index (κ2) is 8.14. The molecule has 142 valence electrons. The van der Waals surface area contributed by atoms with Crippen LogP contribution in [0, 0.1) is 0 Å². The number of ether oxygens (including phenoxy) is 2. The van der Waals surface area contributed by atoms with E-state index in [-0.39, 0.29) is 18.5 Å². The van der Waals surface area contributed by atoms with Gasteiger partial charge in [0.1, 0.15) is 12.4 Å². The van der Waals surface area contributed by atoms with Crippen LogP contribution in [-0.2, 0) is 15.1 Å². The normalized spacial score (nSPS) is 17.8. The molecular formula is C18H24ClN3O4. The van der Waals surface area contributed by atoms with Crippen LogP contribution in [-0.4, -0.2) is 38.8 Å². The smallest absolute Gasteiger partial charge is 0.319 e. The highest BCUT2D eigenvalue weighted by atomic mass is 35.5. The summed E-state index contributed by atoms with van der Waals surface area (Å²) < 4.78 is 10.6. The molecule has 0 unspecified atom stereocenters. The third-order valence-electron chi connectivity index (χ3n) is 4.93. The first-order chi connectivity index (χ1) is 12.6. The number of fused-ring (bicyclic) bond motifs is 2. The minimum atomic E-state index is -0.435. The predicted octanol–water partition coefficient (Wildman–Crippen LogP) is 2.78. The maximum atomic E-state index is 12.2. The molecule has 0 atom stereocenters. The lowest BCUT2D eigenvalue weighted by Crippen LogP contribution is -2.53. The molecule has 1 heterocycles. The van der Waals surface area contributed by atoms with Crippen LogP contribution in [0.3, 0.4) is 0 Å². The number of hydrogen-bond donors (Lipinski definition) is 3. The number of anilines is 1. The summed E-state index contributed by atoms with van der Waals surface area (Å²) in [7, 11) is 1.35. The minimum absolute atomic E-state index is 0.139. The summed E-state index contributed by atoms with van der Waals surface area (Å²) in [5.41, 5.74) is 1.13. The van der Waals surface area contributed by atoms with Crippen molar-refractivity contribution >= 4 is 29.3 Å². The van der Waals surface area contributed by atoms with E-state index in [4.69, 9.17) is 16.3 Å². The van der Waals surface area contributed by atoms with Gasteiger partial charge in [0.15, 0.2) is 0 Å². The second-order valence-corrected chi connectivity index (χ2v) is 7.03. The van der Waals surface area contributed by atoms with Crippen LogP contribution in [0.15, 0.2) is 12.1 Å². The Morgan fingerprint density at radius 3 is 2.81 bits per heavy atom. The van der Waals surface area contributed by atoms with Gasteiger partial charge in [-0.3, -0.25) is 4.79 Å². The van der Waals surface area contributed by atoms with Gasteiger partial charge < -0.3 is 25.4 Å². The first-order valence-electron chi connectivity index (χ1n) is 8.88. The van der Waals surface area contributed by atoms with Crippen molar-refractivity contribution in [3.05, 3.63) is 22.7 Å². The Hall–Kier alpha value is -1.99. The molecule has 1 spiro atoms. The van der Waals surface area contributed by atoms with Crippen LogP contribution in [0.25, 0.3) is 0 Å². The Labute approximate surface area is 157 Å². The third-order valence-corrected chi connectivity index (χ3v) is 5.24. The number of rotatable bonds is 6. The number of urea groups is 1. The predicted molar refractivity (Wildman–Crippen MR) is 98.8 cm³/mol. The van der Waals surface area contributed by atoms with E-state index in [0.717, 1.165) is 37.7 Å². The van der Waals surface area contributed by atoms with Crippen molar-refractivity contribution in [2.24, 2.45) is 0 Å². The molecule has 0 bridgehead atoms. The monoisotopic (exact) mass is 381 g/mol. The van der Waals surface area contributed by atoms with Gasteiger partial charge in [-0.05, 0) is 25.0 Å². The highest BCUT2D eigenvalue weighted by molar-refractivity contribution is 6.34. The van der Waals surface area contributed by atoms with Gasteiger partial charge in [-0.25, -0.2) is 4.79 Å². The van der Waals surface area contributed by atoms with Gasteiger partial charge >= 0.3 is 12.0 Å². The molecule has 3 rings (SSSR count). The SMILES string of the molecule is COC(=O)CNCCOc1ccc(Cl)c2c1C1(CCCCC1)NC(=O)N2. The number of methoxy groups -OCH3 is 1. The molecule has 26 heavy (non-hydrogen) atoms. The molecule has 1 aromatic carbocycles. The molecule has 2 amide bonds. The van der Waals surface area contributed by atoms with Crippen molar-refractivity contribution in [3.8, 4) is 5.75 Å². The van der Waals surface area contributed by atoms with Crippen LogP contribution >= 0.6 is 11.6 Å². The van der Waals surface area contributed by atoms with E-state index in [2.05, 4.69) is 20.7 Å². The maximum absolute atomic E-state index is 12.2. The van der Waals surface area contributed by atoms with Gasteiger partial charge in [0.2, 0.25) is 0 Å². The Morgan fingerprint density at radius 2 is 2.08 bits per heavy atom. The zero-order valence-electron chi connectivity index (χ0n) is 14.8. The molecule has 1 aliphatic heterocycles. The topological polar surface area (TPSA) is 88.7 Å². The zero-order valence-corrected chi connectivity index (χ0v) is 15.6. The Bertz CT molecular complexity index is 689. The number of nitrogens with one attached hydrogen (secondary N) is 3. The number of benzene rings is 1. The van der Waals surface area contributed by atoms with Crippen molar-refractivity contribution < 1.29 is 19.1 Å². The molecule has 0 radical (unpaired) electrons. The lowest BCUT2D eigenvalue weighted by molar-refractivity contribution is -0.139. The fourth-order valence-corrected chi connectivity index (χ4v) is 3.93. The highest BCUT2D eigenvalue weighted by Crippen LogP contribution is 2.49. The first kappa shape index (κ1) is 18.8. The van der Waals surface area contributed by atoms with Gasteiger partial charge in [0, 0.05) is 12.1 Å². The standard InChI is InChI=1S/C18H24ClN3O4/c1-25-14(23)11-20-9-10-26-13-6-5-12(19)16-15(13)18(22-17(24)21-16)7-3-2-4-8-18/h5-6,20H,2-4,7-11H2,1H3,(H2,21,22,24). The fraction of sp³-hybridized carbons (Fsp3) is 0.556. The van der Waals surface area contributed by atoms with Crippen molar-refractivity contribution in [2.75, 3.05) is 32.1 Å². The van der Waals surface area contributed by atoms with Gasteiger partial charge in [0.25, 0.3) is 0 Å². The van der Waals surface area contributed by atoms with Crippen molar-refractivity contribution in [1.29, 1.82) is 0 Å². The van der Waals surface area contributed by atoms with Crippen LogP contribution in [0.5, 0.6) is 5.75 Å². The van der Waals surface area contributed by atoms with Gasteiger partial charge in [-0.2, -0.15) is 0 Å². The quantitative estimate of drug-likeness (QED) is 0.521. The molecular weight excluding hydrogens is 358 g/mol. The van der Waals surface area contributed by atoms with Gasteiger partial charge in [0.05, 0.1) is 29.9 Å². The van der Waals surface area contributed by atoms with E-state index >= 15 is 0 Å². The van der Waals surface area contributed by atoms with Crippen LogP contribution in [0.2, 0.25) is 5.02 Å². The molecule has 3 N–H and O–H groups in total. The highest BCUT2D eigenvalue weighted by Gasteiger charge is 2.43. The lowest BCUT2D eigenvalue weighted by atomic mass is 9.74. The number of halogens is 1. The van der Waals surface area contributed by atoms with Gasteiger partial charge in [-0.15, -0.1) is 0 Å². The number of carbonyl (C=O) groups excluding carboxylic acids is 2. The number of amides is 2. The molecule has 1 saturated carbocycles. The van der Waals surface area contributed by atoms with Crippen molar-refractivity contribution in [3.63, 3.8) is 0 Å². The molecule has 1 fully saturated rings. The fourth-order valence-electron chi connectivity index (χ4n) is 3.73. The summed E-state index contributed by atoms with van der Waals surface area (Å²) in [6, 6.07) is 3.36. The third kappa shape index (κ3) is 3.88. The molecule has 0 saturated heterocycles. The first-order valence-corrected chi connectivity index (χ1v) is 9.26. The molecule has 2 aliphatic rings. The van der Waals surface area contributed by atoms with Crippen LogP contribution < -0.4 is 20.7 Å². The summed E-state index contributed by atoms with van der Waals surface area (Å²) in [6.45, 7) is 1.02. The second-order valence-electron chi connectivity index (χ2n) is 6.62. The average molecular weight is 382 g/mol. The van der Waals surface area contributed by atoms with Gasteiger partial charge in [-0.1, -0.05) is 30.9 Å². The van der Waals surface area contributed by atoms with E-state index in [9.17, 15) is 9.59 Å². The summed E-state index contributed by atoms with van der Waals surface area (Å²) in [5.74, 6) is 0.389. The van der Waals surface area contributed by atoms with Crippen molar-refractivity contribution in [1.82, 2.24) is 10.6 Å². The Balaban J connectivity index is 1.78. The summed E-state index contributed by atoms with van der Waals surface area (Å²) in [5, 5.41) is 9.41. The van der Waals surface area contributed by atoms with E-state index in [1.54, 1.807) is 6.07 Å². The minimum Gasteiger partial charge on any atom is -0.492 e. The maximum Gasteiger partial charge on any atom is 0.319 e. The Morgan fingerprint density at radius 1 is 1.31 bits per heavy atom. The van der Waals surface area contributed by atoms with Crippen molar-refractivity contribution in [2.45, 2.75) is 37.6 Å². The molecule has 8 heteroatoms. The number of carbonyl (C=O) groups is 2. The zero-order chi connectivity index (χ0) is 18.6. The Kier molecular flexibility index (Phi) is 5.88. The summed E-state index contributed by atoms with van der Waals surface area (Å²) in [4.78, 5) is 23.3. The summed E-state index contributed by atoms with van der Waals surface area (Å²) in [6.07, 6.45) is 4.99. The molecule has 0 aromatic heterocycles. The van der Waals surface area contributed by atoms with E-state index < -0.39 is 5.54 Å². The largest absolute Gasteiger partial charge is 0.492 e.